The van der Waals surface area contributed by atoms with Crippen LogP contribution in [-0.2, 0) is 30.9 Å². The number of hydroxylamine groups is 2. The van der Waals surface area contributed by atoms with Crippen molar-refractivity contribution in [1.29, 1.82) is 0 Å². The van der Waals surface area contributed by atoms with Crippen molar-refractivity contribution in [3.05, 3.63) is 60.2 Å². The third kappa shape index (κ3) is 5.39. The number of piperidine rings is 1. The molecule has 2 N–H and O–H groups in total. The van der Waals surface area contributed by atoms with Crippen LogP contribution in [0.5, 0.6) is 5.75 Å². The lowest BCUT2D eigenvalue weighted by atomic mass is 9.86. The molecule has 1 heterocycles. The fourth-order valence-electron chi connectivity index (χ4n) is 4.00. The number of sulfonamides is 1. The van der Waals surface area contributed by atoms with Crippen molar-refractivity contribution in [3.63, 3.8) is 0 Å². The molecular weight excluding hydrogens is 462 g/mol. The lowest BCUT2D eigenvalue weighted by Gasteiger charge is -2.45. The fraction of sp³-hybridized carbons (Fsp3) is 0.391. The summed E-state index contributed by atoms with van der Waals surface area (Å²) in [4.78, 5) is 25.3. The van der Waals surface area contributed by atoms with Crippen molar-refractivity contribution in [3.8, 4) is 5.75 Å². The monoisotopic (exact) mass is 491 g/mol. The maximum absolute atomic E-state index is 14.0. The zero-order valence-corrected chi connectivity index (χ0v) is 20.0. The second kappa shape index (κ2) is 11.0. The minimum atomic E-state index is -4.22. The Kier molecular flexibility index (Phi) is 8.26. The van der Waals surface area contributed by atoms with Gasteiger partial charge in [-0.1, -0.05) is 30.3 Å². The number of carbonyl (C=O) groups is 2. The van der Waals surface area contributed by atoms with Crippen molar-refractivity contribution in [2.24, 2.45) is 0 Å². The number of carbonyl (C=O) groups excluding carboxylic acids is 2. The van der Waals surface area contributed by atoms with E-state index >= 15 is 0 Å². The molecule has 0 bridgehead atoms. The van der Waals surface area contributed by atoms with E-state index in [0.717, 1.165) is 11.4 Å². The second-order valence-electron chi connectivity index (χ2n) is 7.89. The van der Waals surface area contributed by atoms with Gasteiger partial charge in [-0.15, -0.1) is 0 Å². The number of esters is 1. The molecule has 0 saturated carbocycles. The van der Waals surface area contributed by atoms with E-state index in [4.69, 9.17) is 4.74 Å². The Hall–Kier alpha value is -2.99. The zero-order chi connectivity index (χ0) is 24.8. The normalized spacial score (nSPS) is 15.5. The molecule has 1 fully saturated rings. The van der Waals surface area contributed by atoms with Gasteiger partial charge in [-0.25, -0.2) is 13.5 Å². The Morgan fingerprint density at radius 1 is 1.03 bits per heavy atom. The van der Waals surface area contributed by atoms with Gasteiger partial charge in [0.25, 0.3) is 5.91 Å². The fourth-order valence-corrected chi connectivity index (χ4v) is 5.77. The number of amides is 1. The van der Waals surface area contributed by atoms with Crippen LogP contribution in [0.1, 0.15) is 18.4 Å². The van der Waals surface area contributed by atoms with E-state index in [0.29, 0.717) is 24.4 Å². The molecular formula is C23H29N3O7S. The quantitative estimate of drug-likeness (QED) is 0.306. The molecule has 3 rings (SSSR count). The number of hydrogen-bond acceptors (Lipinski definition) is 8. The maximum atomic E-state index is 14.0. The zero-order valence-electron chi connectivity index (χ0n) is 19.1. The molecule has 1 aliphatic rings. The molecule has 2 aromatic rings. The summed E-state index contributed by atoms with van der Waals surface area (Å²) in [6.07, 6.45) is 0.207. The van der Waals surface area contributed by atoms with Crippen LogP contribution in [0.3, 0.4) is 0 Å². The average Bonchev–Trinajstić information content (AvgIpc) is 2.87. The summed E-state index contributed by atoms with van der Waals surface area (Å²) in [6, 6.07) is 14.8. The van der Waals surface area contributed by atoms with E-state index in [2.05, 4.69) is 10.1 Å². The Balaban J connectivity index is 2.12. The van der Waals surface area contributed by atoms with Crippen LogP contribution in [0.4, 0.5) is 0 Å². The number of benzene rings is 2. The van der Waals surface area contributed by atoms with Crippen molar-refractivity contribution in [1.82, 2.24) is 14.7 Å². The molecule has 11 heteroatoms. The van der Waals surface area contributed by atoms with E-state index in [1.165, 1.54) is 31.4 Å². The first kappa shape index (κ1) is 25.6. The van der Waals surface area contributed by atoms with Crippen LogP contribution >= 0.6 is 0 Å². The molecule has 0 spiro atoms. The van der Waals surface area contributed by atoms with Gasteiger partial charge in [0, 0.05) is 6.54 Å². The lowest BCUT2D eigenvalue weighted by molar-refractivity contribution is -0.184. The van der Waals surface area contributed by atoms with E-state index in [9.17, 15) is 23.2 Å². The lowest BCUT2D eigenvalue weighted by Crippen LogP contribution is -2.64. The van der Waals surface area contributed by atoms with Crippen LogP contribution in [0.2, 0.25) is 0 Å². The molecule has 184 valence electrons. The van der Waals surface area contributed by atoms with E-state index in [-0.39, 0.29) is 29.3 Å². The molecule has 1 amide bonds. The van der Waals surface area contributed by atoms with Gasteiger partial charge in [0.2, 0.25) is 10.0 Å². The van der Waals surface area contributed by atoms with Crippen LogP contribution in [0.25, 0.3) is 0 Å². The van der Waals surface area contributed by atoms with Crippen LogP contribution in [-0.4, -0.2) is 74.3 Å². The van der Waals surface area contributed by atoms with Gasteiger partial charge in [-0.2, -0.15) is 4.31 Å². The first-order chi connectivity index (χ1) is 16.2. The SMILES string of the molecule is COC(=O)CN(O)C(=O)C1(N(Cc2ccccc2)S(=O)(=O)c2ccc(OC)cc2)CCNCC1. The Morgan fingerprint density at radius 3 is 2.21 bits per heavy atom. The summed E-state index contributed by atoms with van der Waals surface area (Å²) >= 11 is 0. The summed E-state index contributed by atoms with van der Waals surface area (Å²) in [6.45, 7) is -0.123. The number of nitrogens with zero attached hydrogens (tertiary/aromatic N) is 2. The van der Waals surface area contributed by atoms with Crippen LogP contribution in [0.15, 0.2) is 59.5 Å². The topological polar surface area (TPSA) is 125 Å². The molecule has 2 aromatic carbocycles. The predicted molar refractivity (Wildman–Crippen MR) is 123 cm³/mol. The highest BCUT2D eigenvalue weighted by molar-refractivity contribution is 7.89. The highest BCUT2D eigenvalue weighted by Gasteiger charge is 2.52. The number of hydrogen-bond donors (Lipinski definition) is 2. The highest BCUT2D eigenvalue weighted by atomic mass is 32.2. The van der Waals surface area contributed by atoms with E-state index < -0.39 is 34.0 Å². The van der Waals surface area contributed by atoms with Gasteiger partial charge in [-0.3, -0.25) is 14.8 Å². The number of ether oxygens (including phenoxy) is 2. The average molecular weight is 492 g/mol. The molecule has 0 aromatic heterocycles. The van der Waals surface area contributed by atoms with Gasteiger partial charge in [0.15, 0.2) is 0 Å². The van der Waals surface area contributed by atoms with Crippen LogP contribution < -0.4 is 10.1 Å². The molecule has 10 nitrogen and oxygen atoms in total. The summed E-state index contributed by atoms with van der Waals surface area (Å²) < 4.78 is 38.8. The molecule has 0 unspecified atom stereocenters. The minimum Gasteiger partial charge on any atom is -0.497 e. The van der Waals surface area contributed by atoms with Gasteiger partial charge in [0.05, 0.1) is 19.1 Å². The highest BCUT2D eigenvalue weighted by Crippen LogP contribution is 2.35. The first-order valence-corrected chi connectivity index (χ1v) is 12.2. The predicted octanol–water partition coefficient (Wildman–Crippen LogP) is 1.40. The summed E-state index contributed by atoms with van der Waals surface area (Å²) in [5.74, 6) is -1.22. The summed E-state index contributed by atoms with van der Waals surface area (Å²) in [5, 5.41) is 13.9. The molecule has 34 heavy (non-hydrogen) atoms. The van der Waals surface area contributed by atoms with Crippen molar-refractivity contribution in [2.45, 2.75) is 29.8 Å². The Morgan fingerprint density at radius 2 is 1.65 bits per heavy atom. The largest absolute Gasteiger partial charge is 0.497 e. The number of methoxy groups -OCH3 is 2. The second-order valence-corrected chi connectivity index (χ2v) is 9.76. The van der Waals surface area contributed by atoms with Gasteiger partial charge in [0.1, 0.15) is 17.8 Å². The number of rotatable bonds is 9. The molecule has 1 aliphatic heterocycles. The smallest absolute Gasteiger partial charge is 0.328 e. The molecule has 0 atom stereocenters. The van der Waals surface area contributed by atoms with Crippen molar-refractivity contribution >= 4 is 21.9 Å². The number of nitrogens with one attached hydrogen (secondary N) is 1. The summed E-state index contributed by atoms with van der Waals surface area (Å²) in [7, 11) is -1.61. The standard InChI is InChI=1S/C23H29N3O7S/c1-32-19-8-10-20(11-9-19)34(30,31)26(16-18-6-4-3-5-7-18)23(12-14-24-15-13-23)22(28)25(29)17-21(27)33-2/h3-11,24,29H,12-17H2,1-2H3. The molecule has 1 saturated heterocycles. The van der Waals surface area contributed by atoms with Crippen LogP contribution in [0, 0.1) is 0 Å². The third-order valence-electron chi connectivity index (χ3n) is 5.86. The first-order valence-electron chi connectivity index (χ1n) is 10.7. The van der Waals surface area contributed by atoms with Crippen molar-refractivity contribution in [2.75, 3.05) is 33.9 Å². The van der Waals surface area contributed by atoms with E-state index in [1.54, 1.807) is 24.3 Å². The third-order valence-corrected chi connectivity index (χ3v) is 7.79. The van der Waals surface area contributed by atoms with Gasteiger partial charge < -0.3 is 14.8 Å². The minimum absolute atomic E-state index is 0.0209. The molecule has 0 radical (unpaired) electrons. The Labute approximate surface area is 199 Å². The van der Waals surface area contributed by atoms with Gasteiger partial charge in [-0.05, 0) is 55.8 Å². The Bertz CT molecular complexity index is 1090. The van der Waals surface area contributed by atoms with Crippen molar-refractivity contribution < 1.29 is 32.7 Å². The molecule has 0 aliphatic carbocycles. The maximum Gasteiger partial charge on any atom is 0.328 e. The summed E-state index contributed by atoms with van der Waals surface area (Å²) in [5.41, 5.74) is -0.953. The van der Waals surface area contributed by atoms with E-state index in [1.807, 2.05) is 6.07 Å². The van der Waals surface area contributed by atoms with Gasteiger partial charge >= 0.3 is 5.97 Å².